The molecule has 0 saturated heterocycles. The van der Waals surface area contributed by atoms with Gasteiger partial charge < -0.3 is 10.6 Å². The summed E-state index contributed by atoms with van der Waals surface area (Å²) in [5.41, 5.74) is 1.56. The molecule has 0 heterocycles. The highest BCUT2D eigenvalue weighted by Gasteiger charge is 2.36. The van der Waals surface area contributed by atoms with E-state index in [1.165, 1.54) is 0 Å². The molecule has 0 aliphatic carbocycles. The lowest BCUT2D eigenvalue weighted by Gasteiger charge is -2.23. The Morgan fingerprint density at radius 2 is 1.80 bits per heavy atom. The van der Waals surface area contributed by atoms with Crippen molar-refractivity contribution in [3.8, 4) is 6.07 Å². The molecule has 0 aromatic heterocycles. The molecule has 0 fully saturated rings. The molecule has 0 saturated carbocycles. The predicted molar refractivity (Wildman–Crippen MR) is 96.6 cm³/mol. The van der Waals surface area contributed by atoms with E-state index in [0.29, 0.717) is 17.8 Å². The van der Waals surface area contributed by atoms with Gasteiger partial charge in [-0.1, -0.05) is 42.0 Å². The lowest BCUT2D eigenvalue weighted by molar-refractivity contribution is -0.138. The number of nitriles is 1. The van der Waals surface area contributed by atoms with Crippen LogP contribution < -0.4 is 10.6 Å². The third kappa shape index (κ3) is 4.45. The van der Waals surface area contributed by atoms with Crippen LogP contribution in [0.25, 0.3) is 0 Å². The molecular formula is C20H21N3O2. The zero-order valence-corrected chi connectivity index (χ0v) is 14.6. The number of benzene rings is 2. The topological polar surface area (TPSA) is 82.0 Å². The molecule has 0 aliphatic rings. The lowest BCUT2D eigenvalue weighted by atomic mass is 9.90. The molecule has 2 rings (SSSR count). The van der Waals surface area contributed by atoms with E-state index in [4.69, 9.17) is 5.26 Å². The summed E-state index contributed by atoms with van der Waals surface area (Å²) in [5, 5.41) is 14.6. The zero-order chi connectivity index (χ0) is 18.4. The van der Waals surface area contributed by atoms with E-state index < -0.39 is 11.3 Å². The van der Waals surface area contributed by atoms with Crippen LogP contribution in [0.2, 0.25) is 0 Å². The van der Waals surface area contributed by atoms with Gasteiger partial charge in [-0.15, -0.1) is 0 Å². The normalized spacial score (nSPS) is 10.6. The number of para-hydroxylation sites is 1. The highest BCUT2D eigenvalue weighted by molar-refractivity contribution is 6.10. The van der Waals surface area contributed by atoms with Gasteiger partial charge in [0.15, 0.2) is 0 Å². The van der Waals surface area contributed by atoms with Gasteiger partial charge in [0.05, 0.1) is 11.3 Å². The third-order valence-electron chi connectivity index (χ3n) is 3.97. The third-order valence-corrected chi connectivity index (χ3v) is 3.97. The van der Waals surface area contributed by atoms with Crippen LogP contribution in [0.1, 0.15) is 30.5 Å². The number of hydrogen-bond acceptors (Lipinski definition) is 3. The van der Waals surface area contributed by atoms with Gasteiger partial charge in [-0.25, -0.2) is 0 Å². The van der Waals surface area contributed by atoms with Crippen LogP contribution >= 0.6 is 0 Å². The number of nitrogens with one attached hydrogen (secondary N) is 2. The molecule has 0 aliphatic heterocycles. The first-order chi connectivity index (χ1) is 11.8. The summed E-state index contributed by atoms with van der Waals surface area (Å²) in [7, 11) is 0. The minimum atomic E-state index is -1.27. The van der Waals surface area contributed by atoms with Gasteiger partial charge in [-0.2, -0.15) is 5.26 Å². The van der Waals surface area contributed by atoms with Crippen LogP contribution in [-0.2, 0) is 16.1 Å². The molecule has 0 atom stereocenters. The molecule has 2 amide bonds. The quantitative estimate of drug-likeness (QED) is 0.824. The first-order valence-corrected chi connectivity index (χ1v) is 7.99. The summed E-state index contributed by atoms with van der Waals surface area (Å²) in [4.78, 5) is 25.0. The van der Waals surface area contributed by atoms with Gasteiger partial charge in [-0.3, -0.25) is 9.59 Å². The van der Waals surface area contributed by atoms with E-state index in [2.05, 4.69) is 10.6 Å². The van der Waals surface area contributed by atoms with Crippen molar-refractivity contribution in [1.82, 2.24) is 5.32 Å². The Labute approximate surface area is 147 Å². The van der Waals surface area contributed by atoms with Gasteiger partial charge in [-0.05, 0) is 38.5 Å². The lowest BCUT2D eigenvalue weighted by Crippen LogP contribution is -2.45. The fourth-order valence-corrected chi connectivity index (χ4v) is 2.30. The van der Waals surface area contributed by atoms with Crippen molar-refractivity contribution in [2.75, 3.05) is 5.32 Å². The first-order valence-electron chi connectivity index (χ1n) is 7.99. The van der Waals surface area contributed by atoms with Crippen LogP contribution in [-0.4, -0.2) is 11.8 Å². The van der Waals surface area contributed by atoms with Crippen LogP contribution in [0.4, 0.5) is 5.69 Å². The maximum absolute atomic E-state index is 12.5. The highest BCUT2D eigenvalue weighted by Crippen LogP contribution is 2.21. The van der Waals surface area contributed by atoms with Crippen LogP contribution in [0.5, 0.6) is 0 Å². The van der Waals surface area contributed by atoms with Crippen LogP contribution in [0, 0.1) is 23.7 Å². The molecule has 5 heteroatoms. The van der Waals surface area contributed by atoms with Crippen molar-refractivity contribution in [3.05, 3.63) is 65.2 Å². The van der Waals surface area contributed by atoms with Crippen molar-refractivity contribution >= 4 is 17.5 Å². The average molecular weight is 335 g/mol. The summed E-state index contributed by atoms with van der Waals surface area (Å²) in [6.45, 7) is 5.45. The summed E-state index contributed by atoms with van der Waals surface area (Å²) >= 11 is 0. The second kappa shape index (κ2) is 7.63. The Morgan fingerprint density at radius 1 is 1.08 bits per heavy atom. The van der Waals surface area contributed by atoms with Crippen molar-refractivity contribution in [1.29, 1.82) is 5.26 Å². The van der Waals surface area contributed by atoms with E-state index >= 15 is 0 Å². The van der Waals surface area contributed by atoms with Gasteiger partial charge in [0, 0.05) is 6.54 Å². The van der Waals surface area contributed by atoms with Gasteiger partial charge in [0.1, 0.15) is 11.5 Å². The molecule has 25 heavy (non-hydrogen) atoms. The number of hydrogen-bond donors (Lipinski definition) is 2. The maximum Gasteiger partial charge on any atom is 0.239 e. The second-order valence-corrected chi connectivity index (χ2v) is 6.41. The molecule has 128 valence electrons. The average Bonchev–Trinajstić information content (AvgIpc) is 2.60. The first kappa shape index (κ1) is 18.2. The van der Waals surface area contributed by atoms with Gasteiger partial charge in [0.2, 0.25) is 11.8 Å². The number of carbonyl (C=O) groups excluding carboxylic acids is 2. The summed E-state index contributed by atoms with van der Waals surface area (Å²) in [5.74, 6) is -0.835. The number of aryl methyl sites for hydroxylation is 1. The number of amides is 2. The summed E-state index contributed by atoms with van der Waals surface area (Å²) in [6, 6.07) is 16.5. The largest absolute Gasteiger partial charge is 0.351 e. The van der Waals surface area contributed by atoms with Crippen LogP contribution in [0.3, 0.4) is 0 Å². The fraction of sp³-hybridized carbons (Fsp3) is 0.250. The highest BCUT2D eigenvalue weighted by atomic mass is 16.2. The van der Waals surface area contributed by atoms with E-state index in [-0.39, 0.29) is 5.91 Å². The number of anilines is 1. The van der Waals surface area contributed by atoms with E-state index in [1.807, 2.05) is 37.3 Å². The molecule has 0 bridgehead atoms. The van der Waals surface area contributed by atoms with Crippen molar-refractivity contribution < 1.29 is 9.59 Å². The SMILES string of the molecule is Cc1cccc(CNC(=O)C(C)(C)C(=O)Nc2ccccc2C#N)c1. The fourth-order valence-electron chi connectivity index (χ4n) is 2.30. The van der Waals surface area contributed by atoms with Crippen molar-refractivity contribution in [2.24, 2.45) is 5.41 Å². The molecular weight excluding hydrogens is 314 g/mol. The van der Waals surface area contributed by atoms with Crippen LogP contribution in [0.15, 0.2) is 48.5 Å². The zero-order valence-electron chi connectivity index (χ0n) is 14.6. The maximum atomic E-state index is 12.5. The molecule has 0 spiro atoms. The Bertz CT molecular complexity index is 835. The molecule has 0 radical (unpaired) electrons. The van der Waals surface area contributed by atoms with Crippen molar-refractivity contribution in [2.45, 2.75) is 27.3 Å². The van der Waals surface area contributed by atoms with Gasteiger partial charge >= 0.3 is 0 Å². The molecule has 2 aromatic rings. The Morgan fingerprint density at radius 3 is 2.48 bits per heavy atom. The molecule has 5 nitrogen and oxygen atoms in total. The molecule has 2 aromatic carbocycles. The number of carbonyl (C=O) groups is 2. The van der Waals surface area contributed by atoms with E-state index in [9.17, 15) is 9.59 Å². The monoisotopic (exact) mass is 335 g/mol. The molecule has 0 unspecified atom stereocenters. The minimum absolute atomic E-state index is 0.353. The Hall–Kier alpha value is -3.13. The smallest absolute Gasteiger partial charge is 0.239 e. The predicted octanol–water partition coefficient (Wildman–Crippen LogP) is 3.15. The molecule has 2 N–H and O–H groups in total. The number of nitrogens with zero attached hydrogens (tertiary/aromatic N) is 1. The van der Waals surface area contributed by atoms with E-state index in [1.54, 1.807) is 38.1 Å². The minimum Gasteiger partial charge on any atom is -0.351 e. The Kier molecular flexibility index (Phi) is 5.56. The standard InChI is InChI=1S/C20H21N3O2/c1-14-7-6-8-15(11-14)13-22-18(24)20(2,3)19(25)23-17-10-5-4-9-16(17)12-21/h4-11H,13H2,1-3H3,(H,22,24)(H,23,25). The Balaban J connectivity index is 2.04. The number of rotatable bonds is 5. The van der Waals surface area contributed by atoms with Crippen molar-refractivity contribution in [3.63, 3.8) is 0 Å². The summed E-state index contributed by atoms with van der Waals surface area (Å²) in [6.07, 6.45) is 0. The van der Waals surface area contributed by atoms with E-state index in [0.717, 1.165) is 11.1 Å². The summed E-state index contributed by atoms with van der Waals surface area (Å²) < 4.78 is 0. The van der Waals surface area contributed by atoms with Gasteiger partial charge in [0.25, 0.3) is 0 Å². The second-order valence-electron chi connectivity index (χ2n) is 6.41.